The van der Waals surface area contributed by atoms with Gasteiger partial charge in [-0.15, -0.1) is 11.3 Å². The lowest BCUT2D eigenvalue weighted by molar-refractivity contribution is -0.121. The molecule has 0 radical (unpaired) electrons. The van der Waals surface area contributed by atoms with Crippen molar-refractivity contribution in [1.29, 1.82) is 0 Å². The molecule has 3 aliphatic rings. The van der Waals surface area contributed by atoms with E-state index in [1.807, 2.05) is 5.38 Å². The maximum absolute atomic E-state index is 12.6. The lowest BCUT2D eigenvalue weighted by Gasteiger charge is -2.32. The topological polar surface area (TPSA) is 48.5 Å². The minimum Gasteiger partial charge on any atom is -0.353 e. The molecule has 32 heavy (non-hydrogen) atoms. The molecule has 2 heterocycles. The summed E-state index contributed by atoms with van der Waals surface area (Å²) >= 11 is 1.63. The van der Waals surface area contributed by atoms with Gasteiger partial charge in [-0.3, -0.25) is 9.69 Å². The Hall–Kier alpha value is -1.76. The number of benzene rings is 1. The first-order valence-electron chi connectivity index (χ1n) is 12.3. The van der Waals surface area contributed by atoms with Crippen LogP contribution < -0.4 is 5.32 Å². The molecule has 1 saturated heterocycles. The van der Waals surface area contributed by atoms with Crippen LogP contribution in [0, 0.1) is 17.8 Å². The van der Waals surface area contributed by atoms with E-state index in [-0.39, 0.29) is 11.9 Å². The van der Waals surface area contributed by atoms with Gasteiger partial charge < -0.3 is 10.2 Å². The molecule has 1 amide bonds. The van der Waals surface area contributed by atoms with Crippen LogP contribution in [0.15, 0.2) is 29.6 Å². The summed E-state index contributed by atoms with van der Waals surface area (Å²) in [6.45, 7) is 7.77. The van der Waals surface area contributed by atoms with Crippen molar-refractivity contribution >= 4 is 17.2 Å². The highest BCUT2D eigenvalue weighted by Gasteiger charge is 2.42. The Bertz CT molecular complexity index is 918. The summed E-state index contributed by atoms with van der Waals surface area (Å²) in [7, 11) is 2.19. The highest BCUT2D eigenvalue weighted by atomic mass is 32.1. The third-order valence-corrected chi connectivity index (χ3v) is 8.86. The molecule has 1 aliphatic heterocycles. The van der Waals surface area contributed by atoms with Crippen LogP contribution in [0.5, 0.6) is 0 Å². The number of nitrogens with zero attached hydrogens (tertiary/aromatic N) is 3. The minimum atomic E-state index is 0.111. The number of thiazole rings is 1. The zero-order chi connectivity index (χ0) is 22.1. The number of rotatable bonds is 7. The summed E-state index contributed by atoms with van der Waals surface area (Å²) in [5.74, 6) is 2.53. The standard InChI is InChI=1S/C26H36N4OS/c1-18(24-14-20-5-8-22(24)13-20)27-25(31)15-23-17-32-26(28-23)21-6-3-19(4-7-21)16-30-11-9-29(2)10-12-30/h3-4,6-7,17-18,20,22,24H,5,8-16H2,1-2H3,(H,27,31). The van der Waals surface area contributed by atoms with Crippen LogP contribution in [0.1, 0.15) is 43.9 Å². The zero-order valence-electron chi connectivity index (χ0n) is 19.4. The van der Waals surface area contributed by atoms with Crippen molar-refractivity contribution in [2.24, 2.45) is 17.8 Å². The monoisotopic (exact) mass is 452 g/mol. The van der Waals surface area contributed by atoms with Crippen LogP contribution in [0.4, 0.5) is 0 Å². The molecular formula is C26H36N4OS. The molecule has 3 fully saturated rings. The molecule has 1 N–H and O–H groups in total. The third-order valence-electron chi connectivity index (χ3n) is 7.92. The molecular weight excluding hydrogens is 416 g/mol. The molecule has 2 bridgehead atoms. The van der Waals surface area contributed by atoms with E-state index in [4.69, 9.17) is 4.98 Å². The second-order valence-electron chi connectivity index (χ2n) is 10.3. The van der Waals surface area contributed by atoms with Gasteiger partial charge in [-0.2, -0.15) is 0 Å². The Kier molecular flexibility index (Phi) is 6.63. The Morgan fingerprint density at radius 1 is 1.16 bits per heavy atom. The number of piperazine rings is 1. The van der Waals surface area contributed by atoms with Gasteiger partial charge >= 0.3 is 0 Å². The third kappa shape index (κ3) is 5.08. The van der Waals surface area contributed by atoms with Gasteiger partial charge in [-0.05, 0) is 56.6 Å². The van der Waals surface area contributed by atoms with E-state index in [2.05, 4.69) is 53.4 Å². The molecule has 2 aromatic rings. The molecule has 4 unspecified atom stereocenters. The summed E-state index contributed by atoms with van der Waals surface area (Å²) in [5, 5.41) is 6.31. The summed E-state index contributed by atoms with van der Waals surface area (Å²) in [6.07, 6.45) is 5.83. The van der Waals surface area contributed by atoms with Crippen molar-refractivity contribution in [3.05, 3.63) is 40.9 Å². The average Bonchev–Trinajstić information content (AvgIpc) is 3.53. The van der Waals surface area contributed by atoms with E-state index < -0.39 is 0 Å². The number of likely N-dealkylation sites (N-methyl/N-ethyl adjacent to an activating group) is 1. The fraction of sp³-hybridized carbons (Fsp3) is 0.615. The Morgan fingerprint density at radius 3 is 2.62 bits per heavy atom. The van der Waals surface area contributed by atoms with Crippen LogP contribution in [0.2, 0.25) is 0 Å². The fourth-order valence-electron chi connectivity index (χ4n) is 6.02. The maximum atomic E-state index is 12.6. The van der Waals surface area contributed by atoms with Crippen LogP contribution in [-0.2, 0) is 17.8 Å². The summed E-state index contributed by atoms with van der Waals surface area (Å²) in [6, 6.07) is 9.07. The minimum absolute atomic E-state index is 0.111. The van der Waals surface area contributed by atoms with Crippen molar-refractivity contribution in [1.82, 2.24) is 20.1 Å². The van der Waals surface area contributed by atoms with Crippen molar-refractivity contribution in [3.63, 3.8) is 0 Å². The summed E-state index contributed by atoms with van der Waals surface area (Å²) in [5.41, 5.74) is 3.37. The largest absolute Gasteiger partial charge is 0.353 e. The first-order valence-corrected chi connectivity index (χ1v) is 13.2. The number of carbonyl (C=O) groups is 1. The second-order valence-corrected chi connectivity index (χ2v) is 11.2. The predicted octanol–water partition coefficient (Wildman–Crippen LogP) is 4.04. The van der Waals surface area contributed by atoms with Gasteiger partial charge in [0.2, 0.25) is 5.91 Å². The normalized spacial score (nSPS) is 27.0. The van der Waals surface area contributed by atoms with E-state index in [1.54, 1.807) is 11.3 Å². The molecule has 0 spiro atoms. The first kappa shape index (κ1) is 22.1. The smallest absolute Gasteiger partial charge is 0.226 e. The van der Waals surface area contributed by atoms with Gasteiger partial charge in [0.1, 0.15) is 5.01 Å². The van der Waals surface area contributed by atoms with Crippen LogP contribution >= 0.6 is 11.3 Å². The van der Waals surface area contributed by atoms with Crippen molar-refractivity contribution in [3.8, 4) is 10.6 Å². The van der Waals surface area contributed by atoms with E-state index in [0.717, 1.165) is 60.8 Å². The van der Waals surface area contributed by atoms with Gasteiger partial charge in [-0.25, -0.2) is 4.98 Å². The summed E-state index contributed by atoms with van der Waals surface area (Å²) in [4.78, 5) is 22.3. The van der Waals surface area contributed by atoms with Crippen LogP contribution in [-0.4, -0.2) is 60.0 Å². The highest BCUT2D eigenvalue weighted by molar-refractivity contribution is 7.13. The number of hydrogen-bond acceptors (Lipinski definition) is 5. The van der Waals surface area contributed by atoms with Gasteiger partial charge in [0.15, 0.2) is 0 Å². The quantitative estimate of drug-likeness (QED) is 0.689. The number of amides is 1. The summed E-state index contributed by atoms with van der Waals surface area (Å²) < 4.78 is 0. The number of carbonyl (C=O) groups excluding carboxylic acids is 1. The fourth-order valence-corrected chi connectivity index (χ4v) is 6.85. The molecule has 172 valence electrons. The SMILES string of the molecule is CC(NC(=O)Cc1csc(-c2ccc(CN3CCN(C)CC3)cc2)n1)C1CC2CCC1C2. The highest BCUT2D eigenvalue weighted by Crippen LogP contribution is 2.49. The van der Waals surface area contributed by atoms with Crippen LogP contribution in [0.3, 0.4) is 0 Å². The van der Waals surface area contributed by atoms with E-state index in [1.165, 1.54) is 31.2 Å². The van der Waals surface area contributed by atoms with E-state index in [0.29, 0.717) is 12.3 Å². The van der Waals surface area contributed by atoms with Gasteiger partial charge in [-0.1, -0.05) is 30.7 Å². The van der Waals surface area contributed by atoms with Gasteiger partial charge in [0.05, 0.1) is 12.1 Å². The van der Waals surface area contributed by atoms with E-state index in [9.17, 15) is 4.79 Å². The van der Waals surface area contributed by atoms with Crippen molar-refractivity contribution in [2.75, 3.05) is 33.2 Å². The lowest BCUT2D eigenvalue weighted by Crippen LogP contribution is -2.43. The number of nitrogens with one attached hydrogen (secondary N) is 1. The molecule has 1 aromatic carbocycles. The van der Waals surface area contributed by atoms with Crippen molar-refractivity contribution < 1.29 is 4.79 Å². The predicted molar refractivity (Wildman–Crippen MR) is 131 cm³/mol. The molecule has 5 nitrogen and oxygen atoms in total. The number of hydrogen-bond donors (Lipinski definition) is 1. The average molecular weight is 453 g/mol. The Labute approximate surface area is 196 Å². The van der Waals surface area contributed by atoms with Crippen LogP contribution in [0.25, 0.3) is 10.6 Å². The number of aromatic nitrogens is 1. The molecule has 5 rings (SSSR count). The second kappa shape index (κ2) is 9.62. The van der Waals surface area contributed by atoms with Gasteiger partial charge in [0, 0.05) is 49.7 Å². The van der Waals surface area contributed by atoms with Gasteiger partial charge in [0.25, 0.3) is 0 Å². The maximum Gasteiger partial charge on any atom is 0.226 e. The molecule has 1 aromatic heterocycles. The first-order chi connectivity index (χ1) is 15.5. The van der Waals surface area contributed by atoms with Crippen molar-refractivity contribution in [2.45, 2.75) is 51.6 Å². The zero-order valence-corrected chi connectivity index (χ0v) is 20.2. The lowest BCUT2D eigenvalue weighted by atomic mass is 9.84. The molecule has 2 aliphatic carbocycles. The Morgan fingerprint density at radius 2 is 1.94 bits per heavy atom. The molecule has 6 heteroatoms. The number of fused-ring (bicyclic) bond motifs is 2. The van der Waals surface area contributed by atoms with E-state index >= 15 is 0 Å². The molecule has 4 atom stereocenters. The molecule has 2 saturated carbocycles. The Balaban J connectivity index is 1.13.